The van der Waals surface area contributed by atoms with Gasteiger partial charge in [-0.2, -0.15) is 0 Å². The second kappa shape index (κ2) is 22.1. The molecule has 0 amide bonds. The van der Waals surface area contributed by atoms with Gasteiger partial charge in [0, 0.05) is 61.7 Å². The Morgan fingerprint density at radius 2 is 0.914 bits per heavy atom. The average molecular weight is 1010 g/mol. The van der Waals surface area contributed by atoms with Gasteiger partial charge in [0.15, 0.2) is 0 Å². The Morgan fingerprint density at radius 1 is 0.557 bits per heavy atom. The van der Waals surface area contributed by atoms with Gasteiger partial charge in [0.05, 0.1) is 74.9 Å². The van der Waals surface area contributed by atoms with E-state index in [0.717, 1.165) is 24.2 Å². The predicted octanol–water partition coefficient (Wildman–Crippen LogP) is 5.64. The maximum Gasteiger partial charge on any atom is 0.243 e. The van der Waals surface area contributed by atoms with Crippen LogP contribution in [0.3, 0.4) is 0 Å². The molecular weight excluding hydrogens is 945 g/mol. The molecule has 2 aliphatic heterocycles. The van der Waals surface area contributed by atoms with Gasteiger partial charge < -0.3 is 28.4 Å². The summed E-state index contributed by atoms with van der Waals surface area (Å²) in [6.07, 6.45) is 7.93. The molecule has 6 aromatic rings. The van der Waals surface area contributed by atoms with E-state index in [1.165, 1.54) is 28.4 Å². The molecule has 6 heterocycles. The molecular formula is C46H60N12O10S2. The smallest absolute Gasteiger partial charge is 0.243 e. The zero-order valence-electron chi connectivity index (χ0n) is 40.9. The molecule has 4 aromatic heterocycles. The number of methoxy groups -OCH3 is 4. The van der Waals surface area contributed by atoms with E-state index >= 15 is 0 Å². The minimum Gasteiger partial charge on any atom is -0.494 e. The van der Waals surface area contributed by atoms with Gasteiger partial charge in [-0.05, 0) is 64.8 Å². The third-order valence-electron chi connectivity index (χ3n) is 12.6. The first kappa shape index (κ1) is 51.4. The molecule has 2 saturated heterocycles. The molecule has 70 heavy (non-hydrogen) atoms. The Hall–Kier alpha value is -6.50. The summed E-state index contributed by atoms with van der Waals surface area (Å²) >= 11 is 0. The molecule has 0 radical (unpaired) electrons. The molecule has 0 spiro atoms. The normalized spacial score (nSPS) is 17.7. The molecule has 0 bridgehead atoms. The monoisotopic (exact) mass is 1000 g/mol. The van der Waals surface area contributed by atoms with Gasteiger partial charge in [-0.15, -0.1) is 20.4 Å². The van der Waals surface area contributed by atoms with E-state index in [9.17, 15) is 16.8 Å². The molecule has 2 aromatic carbocycles. The van der Waals surface area contributed by atoms with Crippen LogP contribution in [-0.4, -0.2) is 132 Å². The summed E-state index contributed by atoms with van der Waals surface area (Å²) in [7, 11) is -1.65. The Morgan fingerprint density at radius 3 is 1.20 bits per heavy atom. The highest BCUT2D eigenvalue weighted by Gasteiger charge is 2.36. The fraction of sp³-hybridized carbons (Fsp3) is 0.478. The third-order valence-corrected chi connectivity index (χ3v) is 16.3. The lowest BCUT2D eigenvalue weighted by molar-refractivity contribution is 0.193. The number of nitrogens with zero attached hydrogens (tertiary/aromatic N) is 10. The van der Waals surface area contributed by atoms with Crippen LogP contribution < -0.4 is 28.4 Å². The summed E-state index contributed by atoms with van der Waals surface area (Å²) in [4.78, 5) is 17.2. The summed E-state index contributed by atoms with van der Waals surface area (Å²) in [5.74, 6) is 2.21. The SMILES string of the molecule is COc1cccc(OC)c1-n1c(NS(=O)(=O)[C@@H](C)[C@H](C)c2cnc(C)cn2)nnc1[C@@H]1CCOC1.COc1cccc(OC)c1-n1c(NS(=O)(=O)[C@@H](C)[C@H](C)c2cnc(C)cn2)nnc1[C@H]1CCOC1. The summed E-state index contributed by atoms with van der Waals surface area (Å²) in [5.41, 5.74) is 3.71. The Labute approximate surface area is 408 Å². The zero-order chi connectivity index (χ0) is 50.3. The van der Waals surface area contributed by atoms with Gasteiger partial charge in [0.25, 0.3) is 0 Å². The number of rotatable bonds is 18. The average Bonchev–Trinajstić information content (AvgIpc) is 4.22. The highest BCUT2D eigenvalue weighted by Crippen LogP contribution is 2.40. The largest absolute Gasteiger partial charge is 0.494 e. The van der Waals surface area contributed by atoms with E-state index in [1.807, 2.05) is 13.8 Å². The van der Waals surface area contributed by atoms with Gasteiger partial charge in [0.1, 0.15) is 46.0 Å². The highest BCUT2D eigenvalue weighted by molar-refractivity contribution is 7.93. The first-order valence-electron chi connectivity index (χ1n) is 22.6. The molecule has 8 rings (SSSR count). The standard InChI is InChI=1S/2C23H30N6O5S/c2*1-14-11-25-18(12-24-14)15(2)16(3)35(30,31)28-23-27-26-22(17-9-10-34-13-17)29(23)21-19(32-4)7-6-8-20(21)33-5/h2*6-8,11-12,15-17H,9-10,13H2,1-5H3,(H,27,28)/t15-,16-,17+;15-,16-,17-/m00/s1. The first-order valence-corrected chi connectivity index (χ1v) is 25.7. The Kier molecular flexibility index (Phi) is 16.2. The third kappa shape index (κ3) is 10.9. The number of sulfonamides is 2. The van der Waals surface area contributed by atoms with Crippen molar-refractivity contribution in [2.45, 2.75) is 88.6 Å². The van der Waals surface area contributed by atoms with Crippen molar-refractivity contribution in [2.24, 2.45) is 0 Å². The summed E-state index contributed by atoms with van der Waals surface area (Å²) < 4.78 is 96.0. The van der Waals surface area contributed by atoms with Gasteiger partial charge in [-0.25, -0.2) is 16.8 Å². The van der Waals surface area contributed by atoms with E-state index in [1.54, 1.807) is 98.0 Å². The van der Waals surface area contributed by atoms with Crippen molar-refractivity contribution in [3.05, 3.63) is 95.6 Å². The lowest BCUT2D eigenvalue weighted by Gasteiger charge is -2.22. The number of aromatic nitrogens is 10. The van der Waals surface area contributed by atoms with Gasteiger partial charge in [-0.1, -0.05) is 26.0 Å². The number of aryl methyl sites for hydroxylation is 2. The molecule has 6 atom stereocenters. The van der Waals surface area contributed by atoms with Gasteiger partial charge >= 0.3 is 0 Å². The lowest BCUT2D eigenvalue weighted by Crippen LogP contribution is -2.31. The number of ether oxygens (including phenoxy) is 6. The fourth-order valence-electron chi connectivity index (χ4n) is 8.01. The van der Waals surface area contributed by atoms with Crippen LogP contribution in [0.5, 0.6) is 23.0 Å². The molecule has 376 valence electrons. The molecule has 0 saturated carbocycles. The van der Waals surface area contributed by atoms with E-state index < -0.39 is 42.4 Å². The summed E-state index contributed by atoms with van der Waals surface area (Å²) in [5, 5.41) is 15.5. The quantitative estimate of drug-likeness (QED) is 0.106. The lowest BCUT2D eigenvalue weighted by atomic mass is 10.1. The number of anilines is 2. The maximum absolute atomic E-state index is 13.5. The van der Waals surface area contributed by atoms with Gasteiger partial charge in [-0.3, -0.25) is 38.5 Å². The fourth-order valence-corrected chi connectivity index (χ4v) is 10.5. The van der Waals surface area contributed by atoms with Crippen LogP contribution in [0, 0.1) is 13.8 Å². The number of para-hydroxylation sites is 2. The van der Waals surface area contributed by atoms with E-state index in [4.69, 9.17) is 28.4 Å². The molecule has 24 heteroatoms. The number of hydrogen-bond acceptors (Lipinski definition) is 18. The molecule has 2 N–H and O–H groups in total. The predicted molar refractivity (Wildman–Crippen MR) is 260 cm³/mol. The van der Waals surface area contributed by atoms with Crippen LogP contribution in [0.1, 0.15) is 98.6 Å². The molecule has 22 nitrogen and oxygen atoms in total. The second-order valence-corrected chi connectivity index (χ2v) is 21.1. The highest BCUT2D eigenvalue weighted by atomic mass is 32.2. The second-order valence-electron chi connectivity index (χ2n) is 17.0. The zero-order valence-corrected chi connectivity index (χ0v) is 42.5. The van der Waals surface area contributed by atoms with Crippen molar-refractivity contribution in [1.29, 1.82) is 0 Å². The van der Waals surface area contributed by atoms with Crippen molar-refractivity contribution in [3.8, 4) is 34.4 Å². The summed E-state index contributed by atoms with van der Waals surface area (Å²) in [6.45, 7) is 12.6. The summed E-state index contributed by atoms with van der Waals surface area (Å²) in [6, 6.07) is 10.7. The van der Waals surface area contributed by atoms with Crippen molar-refractivity contribution in [1.82, 2.24) is 49.5 Å². The van der Waals surface area contributed by atoms with Crippen molar-refractivity contribution in [2.75, 3.05) is 64.3 Å². The van der Waals surface area contributed by atoms with Crippen LogP contribution in [0.25, 0.3) is 11.4 Å². The van der Waals surface area contributed by atoms with Crippen molar-refractivity contribution >= 4 is 31.9 Å². The Balaban J connectivity index is 0.000000206. The number of benzene rings is 2. The minimum atomic E-state index is -3.90. The van der Waals surface area contributed by atoms with Crippen LogP contribution >= 0.6 is 0 Å². The topological polar surface area (TPSA) is 261 Å². The van der Waals surface area contributed by atoms with Crippen molar-refractivity contribution in [3.63, 3.8) is 0 Å². The van der Waals surface area contributed by atoms with Crippen LogP contribution in [0.4, 0.5) is 11.9 Å². The number of nitrogens with one attached hydrogen (secondary N) is 2. The van der Waals surface area contributed by atoms with E-state index in [0.29, 0.717) is 83.8 Å². The first-order chi connectivity index (χ1) is 33.5. The number of hydrogen-bond donors (Lipinski definition) is 2. The minimum absolute atomic E-state index is 0.0451. The van der Waals surface area contributed by atoms with Crippen LogP contribution in [0.2, 0.25) is 0 Å². The van der Waals surface area contributed by atoms with Crippen LogP contribution in [0.15, 0.2) is 61.2 Å². The van der Waals surface area contributed by atoms with Crippen LogP contribution in [-0.2, 0) is 29.5 Å². The van der Waals surface area contributed by atoms with E-state index in [2.05, 4.69) is 49.8 Å². The maximum atomic E-state index is 13.5. The molecule has 2 aliphatic rings. The van der Waals surface area contributed by atoms with Gasteiger partial charge in [0.2, 0.25) is 31.9 Å². The van der Waals surface area contributed by atoms with Crippen molar-refractivity contribution < 1.29 is 45.3 Å². The molecule has 0 aliphatic carbocycles. The molecule has 2 fully saturated rings. The van der Waals surface area contributed by atoms with E-state index in [-0.39, 0.29) is 23.7 Å². The molecule has 0 unspecified atom stereocenters. The Bertz CT molecular complexity index is 2700.